The van der Waals surface area contributed by atoms with Gasteiger partial charge in [0.2, 0.25) is 5.95 Å². The smallest absolute Gasteiger partial charge is 0.337 e. The van der Waals surface area contributed by atoms with Crippen molar-refractivity contribution < 1.29 is 14.3 Å². The van der Waals surface area contributed by atoms with Gasteiger partial charge in [-0.2, -0.15) is 4.98 Å². The molecule has 41 heavy (non-hydrogen) atoms. The Morgan fingerprint density at radius 1 is 1.02 bits per heavy atom. The molecule has 0 amide bonds. The summed E-state index contributed by atoms with van der Waals surface area (Å²) in [6.45, 7) is 8.87. The van der Waals surface area contributed by atoms with Crippen LogP contribution in [0.3, 0.4) is 0 Å². The van der Waals surface area contributed by atoms with E-state index in [2.05, 4.69) is 77.3 Å². The normalized spacial score (nSPS) is 16.9. The van der Waals surface area contributed by atoms with E-state index in [9.17, 15) is 4.79 Å². The fraction of sp³-hybridized carbons (Fsp3) is 0.433. The Bertz CT molecular complexity index is 1370. The van der Waals surface area contributed by atoms with E-state index in [0.29, 0.717) is 33.5 Å². The predicted octanol–water partition coefficient (Wildman–Crippen LogP) is 5.05. The lowest BCUT2D eigenvalue weighted by molar-refractivity contribution is 0.0601. The molecule has 218 valence electrons. The highest BCUT2D eigenvalue weighted by atomic mass is 79.9. The summed E-state index contributed by atoms with van der Waals surface area (Å²) in [6.07, 6.45) is 4.03. The van der Waals surface area contributed by atoms with Gasteiger partial charge in [-0.15, -0.1) is 0 Å². The van der Waals surface area contributed by atoms with Gasteiger partial charge in [-0.05, 0) is 72.6 Å². The number of methoxy groups -OCH3 is 2. The number of carbonyl (C=O) groups excluding carboxylic acids is 1. The first-order valence-electron chi connectivity index (χ1n) is 14.0. The van der Waals surface area contributed by atoms with Crippen molar-refractivity contribution in [3.05, 3.63) is 58.2 Å². The van der Waals surface area contributed by atoms with Crippen molar-refractivity contribution in [1.29, 1.82) is 0 Å². The van der Waals surface area contributed by atoms with Crippen LogP contribution in [0.1, 0.15) is 28.8 Å². The van der Waals surface area contributed by atoms with Gasteiger partial charge in [0.05, 0.1) is 29.9 Å². The third-order valence-corrected chi connectivity index (χ3v) is 8.49. The fourth-order valence-corrected chi connectivity index (χ4v) is 5.85. The minimum absolute atomic E-state index is 0.400. The van der Waals surface area contributed by atoms with Crippen LogP contribution in [0.15, 0.2) is 47.1 Å². The molecule has 5 rings (SSSR count). The van der Waals surface area contributed by atoms with Gasteiger partial charge in [-0.25, -0.2) is 9.78 Å². The van der Waals surface area contributed by atoms with Crippen LogP contribution in [0.2, 0.25) is 0 Å². The number of nitrogens with one attached hydrogen (secondary N) is 2. The Hall–Kier alpha value is -3.41. The summed E-state index contributed by atoms with van der Waals surface area (Å²) in [5.41, 5.74) is 4.31. The van der Waals surface area contributed by atoms with E-state index in [0.717, 1.165) is 37.6 Å². The molecule has 11 heteroatoms. The zero-order valence-electron chi connectivity index (χ0n) is 24.1. The van der Waals surface area contributed by atoms with Gasteiger partial charge in [-0.3, -0.25) is 4.90 Å². The summed E-state index contributed by atoms with van der Waals surface area (Å²) in [4.78, 5) is 28.6. The van der Waals surface area contributed by atoms with Crippen molar-refractivity contribution in [2.45, 2.75) is 25.8 Å². The van der Waals surface area contributed by atoms with Gasteiger partial charge in [0.25, 0.3) is 0 Å². The highest BCUT2D eigenvalue weighted by Gasteiger charge is 2.27. The summed E-state index contributed by atoms with van der Waals surface area (Å²) < 4.78 is 11.3. The molecule has 2 N–H and O–H groups in total. The number of ether oxygens (including phenoxy) is 2. The van der Waals surface area contributed by atoms with Crippen LogP contribution in [0.25, 0.3) is 0 Å². The first-order chi connectivity index (χ1) is 19.8. The van der Waals surface area contributed by atoms with Crippen molar-refractivity contribution in [1.82, 2.24) is 19.8 Å². The molecule has 2 saturated heterocycles. The van der Waals surface area contributed by atoms with Gasteiger partial charge < -0.3 is 29.9 Å². The van der Waals surface area contributed by atoms with E-state index >= 15 is 0 Å². The van der Waals surface area contributed by atoms with Crippen molar-refractivity contribution in [2.24, 2.45) is 0 Å². The maximum Gasteiger partial charge on any atom is 0.337 e. The second-order valence-electron chi connectivity index (χ2n) is 10.6. The third kappa shape index (κ3) is 6.91. The Labute approximate surface area is 250 Å². The van der Waals surface area contributed by atoms with Crippen LogP contribution in [-0.2, 0) is 4.74 Å². The molecule has 2 aromatic carbocycles. The molecular weight excluding hydrogens is 586 g/mol. The molecule has 3 heterocycles. The van der Waals surface area contributed by atoms with Gasteiger partial charge in [0, 0.05) is 68.9 Å². The fourth-order valence-electron chi connectivity index (χ4n) is 5.56. The van der Waals surface area contributed by atoms with Gasteiger partial charge in [-0.1, -0.05) is 6.07 Å². The summed E-state index contributed by atoms with van der Waals surface area (Å²) in [6, 6.07) is 11.9. The number of aromatic nitrogens is 2. The van der Waals surface area contributed by atoms with Gasteiger partial charge >= 0.3 is 5.97 Å². The zero-order chi connectivity index (χ0) is 28.9. The molecule has 2 fully saturated rings. The average Bonchev–Trinajstić information content (AvgIpc) is 2.99. The summed E-state index contributed by atoms with van der Waals surface area (Å²) in [5, 5.41) is 6.58. The maximum absolute atomic E-state index is 11.9. The van der Waals surface area contributed by atoms with E-state index in [1.54, 1.807) is 31.5 Å². The maximum atomic E-state index is 11.9. The number of benzene rings is 2. The Balaban J connectivity index is 1.28. The van der Waals surface area contributed by atoms with Crippen LogP contribution in [-0.4, -0.2) is 92.3 Å². The highest BCUT2D eigenvalue weighted by molar-refractivity contribution is 9.10. The number of aryl methyl sites for hydroxylation is 1. The largest absolute Gasteiger partial charge is 0.494 e. The lowest BCUT2D eigenvalue weighted by Gasteiger charge is -2.43. The van der Waals surface area contributed by atoms with E-state index in [4.69, 9.17) is 9.47 Å². The SMILES string of the molecule is COC(=O)c1cccc(Nc2nc(Nc3cc(C)c(N4CCC(N5CCN(C)CC5)CC4)cc3OC)ncc2Br)c1. The minimum Gasteiger partial charge on any atom is -0.494 e. The Morgan fingerprint density at radius 3 is 2.49 bits per heavy atom. The molecule has 1 aromatic heterocycles. The van der Waals surface area contributed by atoms with Gasteiger partial charge in [0.1, 0.15) is 11.6 Å². The predicted molar refractivity (Wildman–Crippen MR) is 166 cm³/mol. The van der Waals surface area contributed by atoms with Crippen LogP contribution < -0.4 is 20.3 Å². The molecule has 10 nitrogen and oxygen atoms in total. The number of nitrogens with zero attached hydrogens (tertiary/aromatic N) is 5. The van der Waals surface area contributed by atoms with E-state index < -0.39 is 5.97 Å². The van der Waals surface area contributed by atoms with Gasteiger partial charge in [0.15, 0.2) is 0 Å². The number of rotatable bonds is 8. The van der Waals surface area contributed by atoms with E-state index in [1.807, 2.05) is 6.07 Å². The second kappa shape index (κ2) is 13.1. The highest BCUT2D eigenvalue weighted by Crippen LogP contribution is 2.36. The lowest BCUT2D eigenvalue weighted by atomic mass is 10.0. The number of hydrogen-bond acceptors (Lipinski definition) is 10. The molecular formula is C30H38BrN7O3. The quantitative estimate of drug-likeness (QED) is 0.332. The summed E-state index contributed by atoms with van der Waals surface area (Å²) in [5.74, 6) is 1.31. The van der Waals surface area contributed by atoms with Crippen molar-refractivity contribution in [3.63, 3.8) is 0 Å². The molecule has 0 saturated carbocycles. The van der Waals surface area contributed by atoms with E-state index in [1.165, 1.54) is 44.3 Å². The number of esters is 1. The second-order valence-corrected chi connectivity index (χ2v) is 11.5. The number of carbonyl (C=O) groups is 1. The monoisotopic (exact) mass is 623 g/mol. The molecule has 3 aromatic rings. The molecule has 0 bridgehead atoms. The molecule has 0 aliphatic carbocycles. The lowest BCUT2D eigenvalue weighted by Crippen LogP contribution is -2.52. The topological polar surface area (TPSA) is 95.1 Å². The first-order valence-corrected chi connectivity index (χ1v) is 14.7. The molecule has 2 aliphatic heterocycles. The van der Waals surface area contributed by atoms with Crippen molar-refractivity contribution in [2.75, 3.05) is 76.1 Å². The number of anilines is 5. The third-order valence-electron chi connectivity index (χ3n) is 7.91. The van der Waals surface area contributed by atoms with Crippen LogP contribution in [0, 0.1) is 6.92 Å². The average molecular weight is 625 g/mol. The number of likely N-dealkylation sites (N-methyl/N-ethyl adjacent to an activating group) is 1. The van der Waals surface area contributed by atoms with Crippen LogP contribution >= 0.6 is 15.9 Å². The van der Waals surface area contributed by atoms with Crippen LogP contribution in [0.4, 0.5) is 28.8 Å². The van der Waals surface area contributed by atoms with Crippen molar-refractivity contribution >= 4 is 50.7 Å². The summed E-state index contributed by atoms with van der Waals surface area (Å²) >= 11 is 3.52. The molecule has 0 unspecified atom stereocenters. The first kappa shape index (κ1) is 29.1. The molecule has 0 atom stereocenters. The number of halogens is 1. The number of hydrogen-bond donors (Lipinski definition) is 2. The molecule has 0 spiro atoms. The Kier molecular flexibility index (Phi) is 9.26. The number of piperazine rings is 1. The molecule has 2 aliphatic rings. The van der Waals surface area contributed by atoms with Crippen LogP contribution in [0.5, 0.6) is 5.75 Å². The van der Waals surface area contributed by atoms with Crippen molar-refractivity contribution in [3.8, 4) is 5.75 Å². The minimum atomic E-state index is -0.400. The van der Waals surface area contributed by atoms with E-state index in [-0.39, 0.29) is 0 Å². The standard InChI is InChI=1S/C30H38BrN7O3/c1-20-16-25(27(40-3)18-26(20)38-10-8-23(9-11-38)37-14-12-36(2)13-15-37)34-30-32-19-24(31)28(35-30)33-22-7-5-6-21(17-22)29(39)41-4/h5-7,16-19,23H,8-15H2,1-4H3,(H2,32,33,34,35). The zero-order valence-corrected chi connectivity index (χ0v) is 25.7. The summed E-state index contributed by atoms with van der Waals surface area (Å²) in [7, 11) is 5.26. The molecule has 0 radical (unpaired) electrons. The number of piperidine rings is 1. The Morgan fingerprint density at radius 2 is 1.78 bits per heavy atom.